The second-order valence-corrected chi connectivity index (χ2v) is 8.69. The number of ether oxygens (including phenoxy) is 2. The predicted molar refractivity (Wildman–Crippen MR) is 115 cm³/mol. The average molecular weight is 461 g/mol. The highest BCUT2D eigenvalue weighted by Crippen LogP contribution is 2.39. The van der Waals surface area contributed by atoms with Crippen LogP contribution in [0.25, 0.3) is 6.08 Å². The Bertz CT molecular complexity index is 975. The van der Waals surface area contributed by atoms with Gasteiger partial charge in [-0.05, 0) is 70.4 Å². The first-order valence-corrected chi connectivity index (χ1v) is 10.5. The molecule has 7 heteroatoms. The molecule has 1 unspecified atom stereocenters. The molecule has 0 saturated heterocycles. The molecule has 1 N–H and O–H groups in total. The number of anilines is 1. The van der Waals surface area contributed by atoms with E-state index in [0.29, 0.717) is 28.0 Å². The lowest BCUT2D eigenvalue weighted by molar-refractivity contribution is -0.111. The number of methoxy groups -OCH3 is 2. The SMILES string of the molecule is COc1cc(C=CC(=O)Nc2sc3c(c2C#N)CCC(C)C3)cc(Br)c1OC. The van der Waals surface area contributed by atoms with E-state index in [9.17, 15) is 10.1 Å². The van der Waals surface area contributed by atoms with E-state index in [1.54, 1.807) is 26.4 Å². The molecule has 1 heterocycles. The van der Waals surface area contributed by atoms with Gasteiger partial charge in [-0.25, -0.2) is 0 Å². The second kappa shape index (κ2) is 8.80. The quantitative estimate of drug-likeness (QED) is 0.624. The van der Waals surface area contributed by atoms with Gasteiger partial charge in [0.1, 0.15) is 11.1 Å². The summed E-state index contributed by atoms with van der Waals surface area (Å²) in [5.74, 6) is 1.52. The Morgan fingerprint density at radius 3 is 2.86 bits per heavy atom. The van der Waals surface area contributed by atoms with Crippen LogP contribution < -0.4 is 14.8 Å². The molecule has 2 aromatic rings. The van der Waals surface area contributed by atoms with Crippen LogP contribution in [0.3, 0.4) is 0 Å². The Balaban J connectivity index is 1.78. The van der Waals surface area contributed by atoms with Gasteiger partial charge in [0.25, 0.3) is 0 Å². The summed E-state index contributed by atoms with van der Waals surface area (Å²) in [6.07, 6.45) is 6.11. The van der Waals surface area contributed by atoms with Crippen molar-refractivity contribution >= 4 is 44.3 Å². The topological polar surface area (TPSA) is 71.3 Å². The molecule has 1 atom stereocenters. The number of fused-ring (bicyclic) bond motifs is 1. The van der Waals surface area contributed by atoms with Crippen molar-refractivity contribution in [1.82, 2.24) is 0 Å². The Morgan fingerprint density at radius 1 is 1.39 bits per heavy atom. The summed E-state index contributed by atoms with van der Waals surface area (Å²) >= 11 is 4.96. The normalized spacial score (nSPS) is 15.8. The Hall–Kier alpha value is -2.30. The number of benzene rings is 1. The largest absolute Gasteiger partial charge is 0.493 e. The molecule has 0 bridgehead atoms. The van der Waals surface area contributed by atoms with E-state index in [0.717, 1.165) is 34.9 Å². The van der Waals surface area contributed by atoms with Crippen LogP contribution in [0.15, 0.2) is 22.7 Å². The number of nitrogens with zero attached hydrogens (tertiary/aromatic N) is 1. The zero-order chi connectivity index (χ0) is 20.3. The van der Waals surface area contributed by atoms with Gasteiger partial charge in [0.15, 0.2) is 11.5 Å². The Kier molecular flexibility index (Phi) is 6.42. The lowest BCUT2D eigenvalue weighted by Gasteiger charge is -2.17. The smallest absolute Gasteiger partial charge is 0.249 e. The molecule has 1 aliphatic rings. The molecule has 28 heavy (non-hydrogen) atoms. The van der Waals surface area contributed by atoms with Gasteiger partial charge in [-0.1, -0.05) is 6.92 Å². The van der Waals surface area contributed by atoms with E-state index in [1.807, 2.05) is 6.07 Å². The van der Waals surface area contributed by atoms with Gasteiger partial charge in [0, 0.05) is 11.0 Å². The summed E-state index contributed by atoms with van der Waals surface area (Å²) in [6, 6.07) is 5.90. The summed E-state index contributed by atoms with van der Waals surface area (Å²) in [5.41, 5.74) is 2.51. The third kappa shape index (κ3) is 4.23. The summed E-state index contributed by atoms with van der Waals surface area (Å²) in [4.78, 5) is 13.6. The van der Waals surface area contributed by atoms with Crippen molar-refractivity contribution in [2.45, 2.75) is 26.2 Å². The van der Waals surface area contributed by atoms with Gasteiger partial charge in [0.2, 0.25) is 5.91 Å². The van der Waals surface area contributed by atoms with Crippen LogP contribution in [0.2, 0.25) is 0 Å². The fraction of sp³-hybridized carbons (Fsp3) is 0.333. The van der Waals surface area contributed by atoms with Crippen molar-refractivity contribution in [2.24, 2.45) is 5.92 Å². The number of hydrogen-bond donors (Lipinski definition) is 1. The van der Waals surface area contributed by atoms with Crippen molar-refractivity contribution in [3.05, 3.63) is 44.2 Å². The highest BCUT2D eigenvalue weighted by molar-refractivity contribution is 9.10. The van der Waals surface area contributed by atoms with Crippen molar-refractivity contribution in [3.8, 4) is 17.6 Å². The number of thiophene rings is 1. The van der Waals surface area contributed by atoms with Gasteiger partial charge in [0.05, 0.1) is 24.3 Å². The average Bonchev–Trinajstić information content (AvgIpc) is 3.01. The third-order valence-electron chi connectivity index (χ3n) is 4.74. The van der Waals surface area contributed by atoms with E-state index >= 15 is 0 Å². The number of rotatable bonds is 5. The summed E-state index contributed by atoms with van der Waals surface area (Å²) in [7, 11) is 3.13. The molecule has 146 valence electrons. The zero-order valence-electron chi connectivity index (χ0n) is 16.0. The molecule has 0 saturated carbocycles. The van der Waals surface area contributed by atoms with Crippen LogP contribution in [0, 0.1) is 17.2 Å². The molecule has 0 fully saturated rings. The molecule has 1 amide bonds. The van der Waals surface area contributed by atoms with E-state index in [1.165, 1.54) is 22.3 Å². The van der Waals surface area contributed by atoms with Crippen molar-refractivity contribution in [3.63, 3.8) is 0 Å². The molecule has 0 aliphatic heterocycles. The number of hydrogen-bond acceptors (Lipinski definition) is 5. The molecular weight excluding hydrogens is 440 g/mol. The van der Waals surface area contributed by atoms with Gasteiger partial charge in [-0.15, -0.1) is 11.3 Å². The molecule has 1 aromatic heterocycles. The maximum Gasteiger partial charge on any atom is 0.249 e. The zero-order valence-corrected chi connectivity index (χ0v) is 18.4. The standard InChI is InChI=1S/C21H21BrN2O3S/c1-12-4-6-14-15(11-23)21(28-18(14)8-12)24-19(25)7-5-13-9-16(22)20(27-3)17(10-13)26-2/h5,7,9-10,12H,4,6,8H2,1-3H3,(H,24,25). The first kappa shape index (κ1) is 20.4. The van der Waals surface area contributed by atoms with Crippen LogP contribution in [-0.2, 0) is 17.6 Å². The number of nitriles is 1. The minimum atomic E-state index is -0.269. The van der Waals surface area contributed by atoms with Crippen molar-refractivity contribution in [2.75, 3.05) is 19.5 Å². The minimum absolute atomic E-state index is 0.269. The number of carbonyl (C=O) groups excluding carboxylic acids is 1. The lowest BCUT2D eigenvalue weighted by atomic mass is 9.89. The monoisotopic (exact) mass is 460 g/mol. The van der Waals surface area contributed by atoms with Crippen LogP contribution in [0.1, 0.15) is 34.9 Å². The molecule has 5 nitrogen and oxygen atoms in total. The maximum absolute atomic E-state index is 12.4. The van der Waals surface area contributed by atoms with Crippen LogP contribution in [0.5, 0.6) is 11.5 Å². The first-order chi connectivity index (χ1) is 13.5. The van der Waals surface area contributed by atoms with Crippen molar-refractivity contribution < 1.29 is 14.3 Å². The number of halogens is 1. The van der Waals surface area contributed by atoms with Crippen LogP contribution in [0.4, 0.5) is 5.00 Å². The number of carbonyl (C=O) groups is 1. The van der Waals surface area contributed by atoms with Crippen LogP contribution >= 0.6 is 27.3 Å². The van der Waals surface area contributed by atoms with Gasteiger partial charge in [-0.3, -0.25) is 4.79 Å². The van der Waals surface area contributed by atoms with Gasteiger partial charge in [-0.2, -0.15) is 5.26 Å². The second-order valence-electron chi connectivity index (χ2n) is 6.73. The van der Waals surface area contributed by atoms with Gasteiger partial charge < -0.3 is 14.8 Å². The summed E-state index contributed by atoms with van der Waals surface area (Å²) in [5, 5.41) is 13.1. The molecule has 0 spiro atoms. The fourth-order valence-corrected chi connectivity index (χ4v) is 5.30. The number of nitrogens with one attached hydrogen (secondary N) is 1. The highest BCUT2D eigenvalue weighted by Gasteiger charge is 2.24. The maximum atomic E-state index is 12.4. The first-order valence-electron chi connectivity index (χ1n) is 8.92. The Labute approximate surface area is 177 Å². The lowest BCUT2D eigenvalue weighted by Crippen LogP contribution is -2.10. The van der Waals surface area contributed by atoms with E-state index in [2.05, 4.69) is 34.2 Å². The Morgan fingerprint density at radius 2 is 2.18 bits per heavy atom. The molecular formula is C21H21BrN2O3S. The fourth-order valence-electron chi connectivity index (χ4n) is 3.32. The summed E-state index contributed by atoms with van der Waals surface area (Å²) < 4.78 is 11.4. The van der Waals surface area contributed by atoms with E-state index < -0.39 is 0 Å². The van der Waals surface area contributed by atoms with E-state index in [-0.39, 0.29) is 5.91 Å². The summed E-state index contributed by atoms with van der Waals surface area (Å²) in [6.45, 7) is 2.22. The number of amides is 1. The molecule has 0 radical (unpaired) electrons. The predicted octanol–water partition coefficient (Wildman–Crippen LogP) is 5.18. The van der Waals surface area contributed by atoms with Gasteiger partial charge >= 0.3 is 0 Å². The highest BCUT2D eigenvalue weighted by atomic mass is 79.9. The third-order valence-corrected chi connectivity index (χ3v) is 6.50. The van der Waals surface area contributed by atoms with Crippen LogP contribution in [-0.4, -0.2) is 20.1 Å². The molecule has 3 rings (SSSR count). The van der Waals surface area contributed by atoms with Crippen molar-refractivity contribution in [1.29, 1.82) is 5.26 Å². The van der Waals surface area contributed by atoms with E-state index in [4.69, 9.17) is 9.47 Å². The molecule has 1 aromatic carbocycles. The minimum Gasteiger partial charge on any atom is -0.493 e. The molecule has 1 aliphatic carbocycles.